The Kier molecular flexibility index (Phi) is 6.99. The molecule has 4 aromatic carbocycles. The van der Waals surface area contributed by atoms with Crippen molar-refractivity contribution in [3.8, 4) is 0 Å². The van der Waals surface area contributed by atoms with E-state index in [9.17, 15) is 4.79 Å². The molecule has 4 rings (SSSR count). The van der Waals surface area contributed by atoms with E-state index in [4.69, 9.17) is 4.74 Å². The maximum absolute atomic E-state index is 12.9. The molecule has 0 radical (unpaired) electrons. The number of nitrogens with zero attached hydrogens (tertiary/aromatic N) is 1. The van der Waals surface area contributed by atoms with Gasteiger partial charge in [0, 0.05) is 0 Å². The average Bonchev–Trinajstić information content (AvgIpc) is 2.86. The summed E-state index contributed by atoms with van der Waals surface area (Å²) in [6.45, 7) is 2.36. The molecule has 0 heterocycles. The Morgan fingerprint density at radius 1 is 0.656 bits per heavy atom. The van der Waals surface area contributed by atoms with E-state index in [0.717, 1.165) is 5.69 Å². The van der Waals surface area contributed by atoms with E-state index < -0.39 is 7.41 Å². The first-order chi connectivity index (χ1) is 15.8. The van der Waals surface area contributed by atoms with Crippen molar-refractivity contribution in [3.63, 3.8) is 0 Å². The van der Waals surface area contributed by atoms with Crippen LogP contribution in [0.4, 0.5) is 5.69 Å². The number of rotatable bonds is 8. The van der Waals surface area contributed by atoms with E-state index in [1.165, 1.54) is 15.9 Å². The lowest BCUT2D eigenvalue weighted by Crippen LogP contribution is -2.46. The minimum atomic E-state index is -2.43. The number of carbonyl (C=O) groups excluding carboxylic acids is 1. The zero-order chi connectivity index (χ0) is 22.2. The third kappa shape index (κ3) is 4.30. The molecule has 0 aliphatic heterocycles. The Hall–Kier alpha value is -3.42. The molecule has 0 bridgehead atoms. The van der Waals surface area contributed by atoms with Crippen LogP contribution in [-0.2, 0) is 9.53 Å². The predicted octanol–water partition coefficient (Wildman–Crippen LogP) is 4.97. The molecule has 0 aromatic heterocycles. The van der Waals surface area contributed by atoms with Crippen LogP contribution < -0.4 is 20.6 Å². The minimum Gasteiger partial charge on any atom is -0.465 e. The molecule has 0 atom stereocenters. The number of esters is 1. The maximum Gasteiger partial charge on any atom is 0.329 e. The number of ether oxygens (including phenoxy) is 1. The first-order valence-corrected chi connectivity index (χ1v) is 12.6. The van der Waals surface area contributed by atoms with E-state index in [1.54, 1.807) is 0 Å². The van der Waals surface area contributed by atoms with Crippen molar-refractivity contribution >= 4 is 35.0 Å². The van der Waals surface area contributed by atoms with E-state index in [1.807, 2.05) is 43.3 Å². The largest absolute Gasteiger partial charge is 0.465 e. The van der Waals surface area contributed by atoms with Gasteiger partial charge in [-0.15, -0.1) is 0 Å². The third-order valence-electron chi connectivity index (χ3n) is 5.39. The Morgan fingerprint density at radius 3 is 1.41 bits per heavy atom. The summed E-state index contributed by atoms with van der Waals surface area (Å²) in [7, 11) is -2.43. The molecule has 160 valence electrons. The second kappa shape index (κ2) is 10.3. The van der Waals surface area contributed by atoms with Crippen LogP contribution in [0, 0.1) is 0 Å². The van der Waals surface area contributed by atoms with Crippen LogP contribution in [0.25, 0.3) is 0 Å². The highest BCUT2D eigenvalue weighted by Crippen LogP contribution is 2.60. The fourth-order valence-corrected chi connectivity index (χ4v) is 8.45. The molecule has 3 nitrogen and oxygen atoms in total. The van der Waals surface area contributed by atoms with Gasteiger partial charge in [-0.3, -0.25) is 0 Å². The van der Waals surface area contributed by atoms with Crippen molar-refractivity contribution in [1.29, 1.82) is 0 Å². The summed E-state index contributed by atoms with van der Waals surface area (Å²) >= 11 is 0. The SMILES string of the molecule is CCOC(=O)CN(c1ccccc1)[P+](c1ccccc1)(c1ccccc1)c1ccccc1. The molecule has 4 heteroatoms. The van der Waals surface area contributed by atoms with Gasteiger partial charge in [-0.25, -0.2) is 9.46 Å². The van der Waals surface area contributed by atoms with Crippen molar-refractivity contribution in [2.45, 2.75) is 6.92 Å². The quantitative estimate of drug-likeness (QED) is 0.286. The van der Waals surface area contributed by atoms with E-state index in [-0.39, 0.29) is 12.5 Å². The molecule has 0 N–H and O–H groups in total. The summed E-state index contributed by atoms with van der Waals surface area (Å²) in [4.78, 5) is 12.9. The van der Waals surface area contributed by atoms with Crippen LogP contribution in [0.2, 0.25) is 0 Å². The van der Waals surface area contributed by atoms with Crippen LogP contribution in [0.3, 0.4) is 0 Å². The van der Waals surface area contributed by atoms with Gasteiger partial charge in [0.15, 0.2) is 6.54 Å². The Balaban J connectivity index is 2.07. The number of para-hydroxylation sites is 1. The zero-order valence-electron chi connectivity index (χ0n) is 18.2. The Morgan fingerprint density at radius 2 is 1.03 bits per heavy atom. The van der Waals surface area contributed by atoms with Gasteiger partial charge in [-0.1, -0.05) is 72.8 Å². The summed E-state index contributed by atoms with van der Waals surface area (Å²) in [6, 6.07) is 41.8. The normalized spacial score (nSPS) is 11.0. The molecule has 0 amide bonds. The second-order valence-electron chi connectivity index (χ2n) is 7.34. The lowest BCUT2D eigenvalue weighted by molar-refractivity contribution is -0.141. The predicted molar refractivity (Wildman–Crippen MR) is 136 cm³/mol. The monoisotopic (exact) mass is 440 g/mol. The molecule has 4 aromatic rings. The van der Waals surface area contributed by atoms with Gasteiger partial charge in [0.1, 0.15) is 15.9 Å². The summed E-state index contributed by atoms with van der Waals surface area (Å²) in [5.41, 5.74) is 0.991. The Labute approximate surface area is 190 Å². The molecule has 0 aliphatic carbocycles. The number of carbonyl (C=O) groups is 1. The van der Waals surface area contributed by atoms with Crippen molar-refractivity contribution < 1.29 is 9.53 Å². The lowest BCUT2D eigenvalue weighted by Gasteiger charge is -2.37. The van der Waals surface area contributed by atoms with Gasteiger partial charge >= 0.3 is 5.97 Å². The molecule has 32 heavy (non-hydrogen) atoms. The van der Waals surface area contributed by atoms with E-state index in [2.05, 4.69) is 89.6 Å². The van der Waals surface area contributed by atoms with Crippen LogP contribution >= 0.6 is 7.41 Å². The van der Waals surface area contributed by atoms with Crippen LogP contribution in [0.15, 0.2) is 121 Å². The van der Waals surface area contributed by atoms with Gasteiger partial charge in [-0.05, 0) is 55.5 Å². The zero-order valence-corrected chi connectivity index (χ0v) is 19.1. The van der Waals surface area contributed by atoms with Crippen molar-refractivity contribution in [1.82, 2.24) is 0 Å². The molecular formula is C28H27NO2P+. The van der Waals surface area contributed by atoms with Gasteiger partial charge in [0.2, 0.25) is 7.41 Å². The van der Waals surface area contributed by atoms with Gasteiger partial charge in [-0.2, -0.15) is 0 Å². The minimum absolute atomic E-state index is 0.157. The molecular weight excluding hydrogens is 413 g/mol. The van der Waals surface area contributed by atoms with Crippen molar-refractivity contribution in [3.05, 3.63) is 121 Å². The second-order valence-corrected chi connectivity index (χ2v) is 10.6. The molecule has 0 unspecified atom stereocenters. The molecule has 0 aliphatic rings. The van der Waals surface area contributed by atoms with E-state index in [0.29, 0.717) is 6.61 Å². The van der Waals surface area contributed by atoms with Crippen molar-refractivity contribution in [2.75, 3.05) is 17.8 Å². The first kappa shape index (κ1) is 21.8. The average molecular weight is 441 g/mol. The smallest absolute Gasteiger partial charge is 0.329 e. The van der Waals surface area contributed by atoms with Gasteiger partial charge in [0.05, 0.1) is 12.3 Å². The van der Waals surface area contributed by atoms with Crippen LogP contribution in [-0.4, -0.2) is 19.1 Å². The summed E-state index contributed by atoms with van der Waals surface area (Å²) < 4.78 is 7.70. The highest BCUT2D eigenvalue weighted by Gasteiger charge is 2.52. The first-order valence-electron chi connectivity index (χ1n) is 10.8. The number of hydrogen-bond acceptors (Lipinski definition) is 3. The maximum atomic E-state index is 12.9. The van der Waals surface area contributed by atoms with Gasteiger partial charge < -0.3 is 4.74 Å². The highest BCUT2D eigenvalue weighted by molar-refractivity contribution is 7.97. The third-order valence-corrected chi connectivity index (χ3v) is 9.62. The molecule has 0 saturated carbocycles. The molecule has 0 saturated heterocycles. The van der Waals surface area contributed by atoms with Gasteiger partial charge in [0.25, 0.3) is 0 Å². The number of hydrogen-bond donors (Lipinski definition) is 0. The number of anilines is 1. The van der Waals surface area contributed by atoms with Crippen LogP contribution in [0.1, 0.15) is 6.92 Å². The Bertz CT molecular complexity index is 1020. The summed E-state index contributed by atoms with van der Waals surface area (Å²) in [5.74, 6) is -0.233. The summed E-state index contributed by atoms with van der Waals surface area (Å²) in [5, 5.41) is 3.56. The summed E-state index contributed by atoms with van der Waals surface area (Å²) in [6.07, 6.45) is 0. The fraction of sp³-hybridized carbons (Fsp3) is 0.107. The number of benzene rings is 4. The highest BCUT2D eigenvalue weighted by atomic mass is 31.2. The van der Waals surface area contributed by atoms with E-state index >= 15 is 0 Å². The van der Waals surface area contributed by atoms with Crippen LogP contribution in [0.5, 0.6) is 0 Å². The topological polar surface area (TPSA) is 29.5 Å². The molecule has 0 spiro atoms. The fourth-order valence-electron chi connectivity index (χ4n) is 4.10. The standard InChI is InChI=1S/C28H27NO2P/c1-2-31-28(30)23-29(24-15-7-3-8-16-24)32(25-17-9-4-10-18-25,26-19-11-5-12-20-26)27-21-13-6-14-22-27/h3-22H,2,23H2,1H3/q+1. The molecule has 0 fully saturated rings. The van der Waals surface area contributed by atoms with Crippen molar-refractivity contribution in [2.24, 2.45) is 0 Å². The lowest BCUT2D eigenvalue weighted by atomic mass is 10.3.